The van der Waals surface area contributed by atoms with Crippen LogP contribution in [0.15, 0.2) is 261 Å². The molecular formula is C81H52GeN6O2. The number of fused-ring (bicyclic) bond motifs is 15. The summed E-state index contributed by atoms with van der Waals surface area (Å²) >= 11 is -4.70. The zero-order valence-corrected chi connectivity index (χ0v) is 51.4. The van der Waals surface area contributed by atoms with Gasteiger partial charge in [-0.3, -0.25) is 0 Å². The van der Waals surface area contributed by atoms with E-state index >= 15 is 0 Å². The summed E-state index contributed by atoms with van der Waals surface area (Å²) in [5, 5.41) is 7.16. The van der Waals surface area contributed by atoms with E-state index < -0.39 is 13.3 Å². The predicted molar refractivity (Wildman–Crippen MR) is 372 cm³/mol. The zero-order valence-electron chi connectivity index (χ0n) is 49.3. The molecule has 0 spiro atoms. The second-order valence-corrected chi connectivity index (χ2v) is 32.5. The number of hydrogen-bond donors (Lipinski definition) is 0. The van der Waals surface area contributed by atoms with Crippen LogP contribution in [0, 0.1) is 20.8 Å². The van der Waals surface area contributed by atoms with Crippen molar-refractivity contribution in [3.8, 4) is 40.1 Å². The van der Waals surface area contributed by atoms with Crippen LogP contribution in [0.3, 0.4) is 0 Å². The fourth-order valence-corrected chi connectivity index (χ4v) is 28.7. The van der Waals surface area contributed by atoms with Crippen LogP contribution < -0.4 is 41.8 Å². The number of benzene rings is 13. The van der Waals surface area contributed by atoms with Crippen molar-refractivity contribution in [1.29, 1.82) is 0 Å². The Morgan fingerprint density at radius 2 is 0.622 bits per heavy atom. The second kappa shape index (κ2) is 17.3. The Balaban J connectivity index is 1.04. The number of aromatic nitrogens is 3. The molecule has 16 aromatic rings. The normalized spacial score (nSPS) is 14.1. The van der Waals surface area contributed by atoms with Crippen molar-refractivity contribution in [2.75, 3.05) is 14.7 Å². The van der Waals surface area contributed by atoms with E-state index in [2.05, 4.69) is 310 Å². The summed E-state index contributed by atoms with van der Waals surface area (Å²) in [4.78, 5) is 7.90. The van der Waals surface area contributed by atoms with Gasteiger partial charge in [0, 0.05) is 0 Å². The number of hydrogen-bond acceptors (Lipinski definition) is 5. The summed E-state index contributed by atoms with van der Waals surface area (Å²) in [6.45, 7) is 6.55. The summed E-state index contributed by atoms with van der Waals surface area (Å²) < 4.78 is 28.7. The molecule has 422 valence electrons. The van der Waals surface area contributed by atoms with Crippen LogP contribution >= 0.6 is 0 Å². The molecule has 13 aromatic carbocycles. The van der Waals surface area contributed by atoms with Gasteiger partial charge >= 0.3 is 524 Å². The van der Waals surface area contributed by atoms with Gasteiger partial charge in [0.1, 0.15) is 0 Å². The molecule has 5 aliphatic heterocycles. The molecule has 21 rings (SSSR count). The van der Waals surface area contributed by atoms with E-state index in [1.807, 2.05) is 0 Å². The number of para-hydroxylation sites is 6. The maximum atomic E-state index is 7.92. The van der Waals surface area contributed by atoms with Gasteiger partial charge in [0.2, 0.25) is 0 Å². The number of anilines is 9. The summed E-state index contributed by atoms with van der Waals surface area (Å²) in [5.41, 5.74) is 23.0. The van der Waals surface area contributed by atoms with Crippen molar-refractivity contribution < 1.29 is 9.47 Å². The van der Waals surface area contributed by atoms with Gasteiger partial charge in [0.05, 0.1) is 0 Å². The van der Waals surface area contributed by atoms with Crippen LogP contribution in [0.2, 0.25) is 0 Å². The van der Waals surface area contributed by atoms with Gasteiger partial charge < -0.3 is 0 Å². The number of rotatable bonds is 5. The van der Waals surface area contributed by atoms with Crippen LogP contribution in [0.1, 0.15) is 16.7 Å². The van der Waals surface area contributed by atoms with Crippen molar-refractivity contribution in [3.63, 3.8) is 0 Å². The third-order valence-electron chi connectivity index (χ3n) is 20.2. The minimum atomic E-state index is -4.70. The van der Waals surface area contributed by atoms with E-state index in [4.69, 9.17) is 9.47 Å². The molecule has 3 aromatic heterocycles. The Morgan fingerprint density at radius 1 is 0.267 bits per heavy atom. The molecule has 0 radical (unpaired) electrons. The minimum absolute atomic E-state index is 0.814. The van der Waals surface area contributed by atoms with Gasteiger partial charge in [0.25, 0.3) is 0 Å². The third-order valence-corrected chi connectivity index (χ3v) is 30.5. The van der Waals surface area contributed by atoms with Crippen LogP contribution in [-0.2, 0) is 0 Å². The molecule has 8 heterocycles. The van der Waals surface area contributed by atoms with E-state index in [0.717, 1.165) is 135 Å². The SMILES string of the molecule is Cc1ccc(N2c3cc(-n4c5ccccc5c5ccccc54)c4c5[c]3[Ge]3([c]6ccccc6)[c]6c(cc(-n7c8ccccc8c8ccccc87)cc6N6c7ccc(C)cc7Oc7c(-n8c9ccccc9c9ccccc98)cc2[c]3c76)N5c2ccc(C)cc2O4)cc1. The Labute approximate surface area is 520 Å². The molecule has 0 saturated carbocycles. The molecule has 0 saturated heterocycles. The summed E-state index contributed by atoms with van der Waals surface area (Å²) in [5.74, 6) is 3.29. The van der Waals surface area contributed by atoms with Crippen molar-refractivity contribution >= 4 is 147 Å². The average Bonchev–Trinajstić information content (AvgIpc) is 0.791. The van der Waals surface area contributed by atoms with Gasteiger partial charge in [-0.25, -0.2) is 0 Å². The fraction of sp³-hybridized carbons (Fsp3) is 0.0370. The molecule has 8 nitrogen and oxygen atoms in total. The van der Waals surface area contributed by atoms with Gasteiger partial charge in [-0.2, -0.15) is 0 Å². The predicted octanol–water partition coefficient (Wildman–Crippen LogP) is 18.8. The van der Waals surface area contributed by atoms with Crippen molar-refractivity contribution in [2.24, 2.45) is 0 Å². The molecule has 9 heteroatoms. The van der Waals surface area contributed by atoms with E-state index in [9.17, 15) is 0 Å². The number of nitrogens with zero attached hydrogens (tertiary/aromatic N) is 6. The Bertz CT molecular complexity index is 5520. The van der Waals surface area contributed by atoms with Crippen LogP contribution in [0.25, 0.3) is 82.5 Å². The number of aryl methyl sites for hydroxylation is 3. The first-order valence-electron chi connectivity index (χ1n) is 31.1. The Morgan fingerprint density at radius 3 is 1.03 bits per heavy atom. The van der Waals surface area contributed by atoms with Crippen molar-refractivity contribution in [2.45, 2.75) is 20.8 Å². The molecule has 90 heavy (non-hydrogen) atoms. The molecule has 0 amide bonds. The molecule has 0 atom stereocenters. The van der Waals surface area contributed by atoms with Gasteiger partial charge in [-0.15, -0.1) is 0 Å². The first kappa shape index (κ1) is 48.9. The first-order valence-corrected chi connectivity index (χ1v) is 35.3. The molecule has 0 bridgehead atoms. The molecular weight excluding hydrogens is 1160 g/mol. The molecule has 0 aliphatic carbocycles. The number of ether oxygens (including phenoxy) is 2. The molecule has 5 aliphatic rings. The van der Waals surface area contributed by atoms with Crippen LogP contribution in [-0.4, -0.2) is 27.0 Å². The zero-order chi connectivity index (χ0) is 59.0. The summed E-state index contributed by atoms with van der Waals surface area (Å²) in [6, 6.07) is 98.0. The van der Waals surface area contributed by atoms with Crippen molar-refractivity contribution in [3.05, 3.63) is 278 Å². The van der Waals surface area contributed by atoms with Crippen LogP contribution in [0.5, 0.6) is 23.0 Å². The van der Waals surface area contributed by atoms with E-state index in [0.29, 0.717) is 0 Å². The molecule has 0 fully saturated rings. The third kappa shape index (κ3) is 6.02. The topological polar surface area (TPSA) is 43.0 Å². The quantitative estimate of drug-likeness (QED) is 0.161. The first-order chi connectivity index (χ1) is 44.4. The van der Waals surface area contributed by atoms with Crippen LogP contribution in [0.4, 0.5) is 51.2 Å². The van der Waals surface area contributed by atoms with Crippen molar-refractivity contribution in [1.82, 2.24) is 13.7 Å². The van der Waals surface area contributed by atoms with Gasteiger partial charge in [-0.05, 0) is 0 Å². The molecule has 0 unspecified atom stereocenters. The van der Waals surface area contributed by atoms with E-state index in [1.54, 1.807) is 0 Å². The van der Waals surface area contributed by atoms with E-state index in [1.165, 1.54) is 55.5 Å². The second-order valence-electron chi connectivity index (χ2n) is 25.0. The average molecular weight is 1210 g/mol. The van der Waals surface area contributed by atoms with Gasteiger partial charge in [0.15, 0.2) is 0 Å². The Kier molecular flexibility index (Phi) is 9.40. The monoisotopic (exact) mass is 1210 g/mol. The Hall–Kier alpha value is -11.2. The van der Waals surface area contributed by atoms with Gasteiger partial charge in [-0.1, -0.05) is 0 Å². The van der Waals surface area contributed by atoms with E-state index in [-0.39, 0.29) is 0 Å². The maximum absolute atomic E-state index is 7.92. The summed E-state index contributed by atoms with van der Waals surface area (Å²) in [6.07, 6.45) is 0. The standard InChI is InChI=1S/C81H52GeN6O2/c1-47-33-37-51(38-34-47)83-69-45-71(85-61-29-15-9-23-55(61)56-24-10-16-30-62(56)85)80-78-76(69)82(50-19-5-4-6-20-50)75-67(87(78)65-39-35-48(2)41-73(65)89-80)43-52(84-59-27-13-7-21-53(59)54-22-8-14-28-60(54)84)44-68(75)88-66-40-36-49(3)42-74(66)90-81-72(46-70(83)77(82)79(81)88)86-63-31-17-11-25-57(63)58-26-12-18-32-64(58)86/h4-46H,1-3H3. The summed E-state index contributed by atoms with van der Waals surface area (Å²) in [7, 11) is 0. The molecule has 0 N–H and O–H groups in total. The fourth-order valence-electron chi connectivity index (χ4n) is 16.7.